The minimum atomic E-state index is -2.94. The molecule has 0 saturated heterocycles. The maximum absolute atomic E-state index is 12.7. The first-order valence-corrected chi connectivity index (χ1v) is 8.52. The fourth-order valence-corrected chi connectivity index (χ4v) is 2.52. The molecular weight excluding hydrogens is 360 g/mol. The van der Waals surface area contributed by atoms with Crippen molar-refractivity contribution in [3.05, 3.63) is 36.2 Å². The number of halogens is 2. The van der Waals surface area contributed by atoms with E-state index >= 15 is 0 Å². The number of hydrogen-bond acceptors (Lipinski definition) is 5. The molecule has 0 radical (unpaired) electrons. The van der Waals surface area contributed by atoms with Crippen LogP contribution in [0.5, 0.6) is 17.2 Å². The molecule has 8 nitrogen and oxygen atoms in total. The number of nitrogens with one attached hydrogen (secondary N) is 2. The number of guanidine groups is 1. The number of rotatable bonds is 8. The molecule has 1 aromatic heterocycles. The van der Waals surface area contributed by atoms with Gasteiger partial charge in [0.1, 0.15) is 5.75 Å². The van der Waals surface area contributed by atoms with Gasteiger partial charge in [0, 0.05) is 37.1 Å². The van der Waals surface area contributed by atoms with E-state index in [0.29, 0.717) is 42.7 Å². The molecular formula is C17H21F2N5O3. The second-order valence-corrected chi connectivity index (χ2v) is 5.58. The molecule has 2 aromatic rings. The van der Waals surface area contributed by atoms with Crippen molar-refractivity contribution in [3.8, 4) is 17.2 Å². The van der Waals surface area contributed by atoms with Gasteiger partial charge in [0.2, 0.25) is 6.79 Å². The number of benzene rings is 1. The number of nitrogens with zero attached hydrogens (tertiary/aromatic N) is 3. The second-order valence-electron chi connectivity index (χ2n) is 5.58. The second kappa shape index (κ2) is 9.06. The van der Waals surface area contributed by atoms with Crippen molar-refractivity contribution in [2.75, 3.05) is 19.9 Å². The largest absolute Gasteiger partial charge is 0.454 e. The van der Waals surface area contributed by atoms with Crippen molar-refractivity contribution in [2.45, 2.75) is 26.6 Å². The van der Waals surface area contributed by atoms with E-state index in [0.717, 1.165) is 0 Å². The highest BCUT2D eigenvalue weighted by molar-refractivity contribution is 5.79. The first-order valence-electron chi connectivity index (χ1n) is 8.52. The Balaban J connectivity index is 1.68. The van der Waals surface area contributed by atoms with Crippen LogP contribution in [0, 0.1) is 0 Å². The number of ether oxygens (including phenoxy) is 3. The van der Waals surface area contributed by atoms with E-state index in [-0.39, 0.29) is 19.1 Å². The molecule has 0 aliphatic carbocycles. The highest BCUT2D eigenvalue weighted by Gasteiger charge is 2.20. The molecule has 1 aliphatic rings. The standard InChI is InChI=1S/C17H21F2N5O3/c1-2-20-17(21-5-7-24-6-3-4-23-24)22-10-12-8-14-15(26-11-25-14)9-13(12)27-16(18)19/h3-4,6,8-9,16H,2,5,7,10-11H2,1H3,(H2,20,21,22). The van der Waals surface area contributed by atoms with Crippen molar-refractivity contribution < 1.29 is 23.0 Å². The smallest absolute Gasteiger partial charge is 0.387 e. The van der Waals surface area contributed by atoms with Gasteiger partial charge in [0.15, 0.2) is 17.5 Å². The first kappa shape index (κ1) is 18.7. The molecule has 0 atom stereocenters. The van der Waals surface area contributed by atoms with Crippen molar-refractivity contribution in [3.63, 3.8) is 0 Å². The van der Waals surface area contributed by atoms with Crippen LogP contribution >= 0.6 is 0 Å². The Labute approximate surface area is 155 Å². The monoisotopic (exact) mass is 381 g/mol. The number of alkyl halides is 2. The average molecular weight is 381 g/mol. The zero-order valence-electron chi connectivity index (χ0n) is 14.8. The Morgan fingerprint density at radius 2 is 2.15 bits per heavy atom. The number of fused-ring (bicyclic) bond motifs is 1. The van der Waals surface area contributed by atoms with Gasteiger partial charge in [0.25, 0.3) is 0 Å². The summed E-state index contributed by atoms with van der Waals surface area (Å²) in [5.74, 6) is 1.44. The van der Waals surface area contributed by atoms with Crippen LogP contribution in [0.25, 0.3) is 0 Å². The molecule has 1 aromatic carbocycles. The highest BCUT2D eigenvalue weighted by atomic mass is 19.3. The molecule has 0 bridgehead atoms. The topological polar surface area (TPSA) is 81.9 Å². The lowest BCUT2D eigenvalue weighted by Crippen LogP contribution is -2.38. The normalized spacial score (nSPS) is 13.1. The third-order valence-electron chi connectivity index (χ3n) is 3.72. The quantitative estimate of drug-likeness (QED) is 0.538. The van der Waals surface area contributed by atoms with E-state index in [4.69, 9.17) is 9.47 Å². The van der Waals surface area contributed by atoms with Gasteiger partial charge in [-0.15, -0.1) is 0 Å². The van der Waals surface area contributed by atoms with E-state index in [9.17, 15) is 8.78 Å². The van der Waals surface area contributed by atoms with Crippen molar-refractivity contribution >= 4 is 5.96 Å². The Hall–Kier alpha value is -3.04. The van der Waals surface area contributed by atoms with Crippen molar-refractivity contribution in [1.82, 2.24) is 20.4 Å². The van der Waals surface area contributed by atoms with Gasteiger partial charge in [-0.3, -0.25) is 4.68 Å². The molecule has 10 heteroatoms. The maximum atomic E-state index is 12.7. The van der Waals surface area contributed by atoms with Crippen LogP contribution in [-0.4, -0.2) is 42.2 Å². The summed E-state index contributed by atoms with van der Waals surface area (Å²) in [5, 5.41) is 10.4. The summed E-state index contributed by atoms with van der Waals surface area (Å²) in [5.41, 5.74) is 0.476. The summed E-state index contributed by atoms with van der Waals surface area (Å²) in [4.78, 5) is 4.44. The van der Waals surface area contributed by atoms with Crippen LogP contribution < -0.4 is 24.8 Å². The molecule has 0 unspecified atom stereocenters. The van der Waals surface area contributed by atoms with Crippen LogP contribution in [0.15, 0.2) is 35.6 Å². The summed E-state index contributed by atoms with van der Waals surface area (Å²) < 4.78 is 42.3. The Morgan fingerprint density at radius 1 is 1.33 bits per heavy atom. The Kier molecular flexibility index (Phi) is 6.29. The summed E-state index contributed by atoms with van der Waals surface area (Å²) >= 11 is 0. The third kappa shape index (κ3) is 5.22. The fraction of sp³-hybridized carbons (Fsp3) is 0.412. The molecule has 0 amide bonds. The Morgan fingerprint density at radius 3 is 2.85 bits per heavy atom. The number of hydrogen-bond donors (Lipinski definition) is 2. The summed E-state index contributed by atoms with van der Waals surface area (Å²) in [6, 6.07) is 4.86. The first-order chi connectivity index (χ1) is 13.2. The van der Waals surface area contributed by atoms with Crippen LogP contribution in [0.1, 0.15) is 12.5 Å². The predicted molar refractivity (Wildman–Crippen MR) is 94.2 cm³/mol. The maximum Gasteiger partial charge on any atom is 0.387 e. The van der Waals surface area contributed by atoms with Crippen LogP contribution in [0.4, 0.5) is 8.78 Å². The Bertz CT molecular complexity index is 768. The molecule has 1 aliphatic heterocycles. The van der Waals surface area contributed by atoms with Gasteiger partial charge in [-0.2, -0.15) is 13.9 Å². The van der Waals surface area contributed by atoms with Crippen LogP contribution in [0.2, 0.25) is 0 Å². The SMILES string of the molecule is CCNC(=NCc1cc2c(cc1OC(F)F)OCO2)NCCn1cccn1. The summed E-state index contributed by atoms with van der Waals surface area (Å²) in [7, 11) is 0. The summed E-state index contributed by atoms with van der Waals surface area (Å²) in [6.07, 6.45) is 3.58. The highest BCUT2D eigenvalue weighted by Crippen LogP contribution is 2.38. The van der Waals surface area contributed by atoms with Gasteiger partial charge < -0.3 is 24.8 Å². The predicted octanol–water partition coefficient (Wildman–Crippen LogP) is 1.97. The minimum Gasteiger partial charge on any atom is -0.454 e. The average Bonchev–Trinajstić information content (AvgIpc) is 3.30. The van der Waals surface area contributed by atoms with Crippen molar-refractivity contribution in [1.29, 1.82) is 0 Å². The van der Waals surface area contributed by atoms with Crippen molar-refractivity contribution in [2.24, 2.45) is 4.99 Å². The zero-order valence-corrected chi connectivity index (χ0v) is 14.8. The van der Waals surface area contributed by atoms with Gasteiger partial charge in [0.05, 0.1) is 13.1 Å². The van der Waals surface area contributed by atoms with Gasteiger partial charge in [-0.25, -0.2) is 4.99 Å². The summed E-state index contributed by atoms with van der Waals surface area (Å²) in [6.45, 7) is 1.12. The lowest BCUT2D eigenvalue weighted by atomic mass is 10.1. The molecule has 2 heterocycles. The van der Waals surface area contributed by atoms with E-state index in [2.05, 4.69) is 25.5 Å². The molecule has 2 N–H and O–H groups in total. The fourth-order valence-electron chi connectivity index (χ4n) is 2.52. The van der Waals surface area contributed by atoms with E-state index in [1.165, 1.54) is 6.07 Å². The van der Waals surface area contributed by atoms with Gasteiger partial charge >= 0.3 is 6.61 Å². The van der Waals surface area contributed by atoms with E-state index < -0.39 is 6.61 Å². The lowest BCUT2D eigenvalue weighted by molar-refractivity contribution is -0.0505. The number of aromatic nitrogens is 2. The van der Waals surface area contributed by atoms with Gasteiger partial charge in [-0.1, -0.05) is 0 Å². The molecule has 146 valence electrons. The lowest BCUT2D eigenvalue weighted by Gasteiger charge is -2.13. The van der Waals surface area contributed by atoms with E-state index in [1.54, 1.807) is 16.9 Å². The molecule has 27 heavy (non-hydrogen) atoms. The zero-order chi connectivity index (χ0) is 19.1. The van der Waals surface area contributed by atoms with Crippen LogP contribution in [-0.2, 0) is 13.1 Å². The third-order valence-corrected chi connectivity index (χ3v) is 3.72. The molecule has 3 rings (SSSR count). The molecule has 0 spiro atoms. The van der Waals surface area contributed by atoms with Crippen LogP contribution in [0.3, 0.4) is 0 Å². The minimum absolute atomic E-state index is 0.0189. The number of aliphatic imine (C=N–C) groups is 1. The molecule has 0 saturated carbocycles. The molecule has 0 fully saturated rings. The van der Waals surface area contributed by atoms with Gasteiger partial charge in [-0.05, 0) is 19.1 Å². The van der Waals surface area contributed by atoms with E-state index in [1.807, 2.05) is 19.2 Å².